The highest BCUT2D eigenvalue weighted by Crippen LogP contribution is 2.29. The van der Waals surface area contributed by atoms with Gasteiger partial charge < -0.3 is 15.2 Å². The molecule has 3 aromatic rings. The third-order valence-electron chi connectivity index (χ3n) is 2.10. The summed E-state index contributed by atoms with van der Waals surface area (Å²) in [5.74, 6) is 1.04. The second-order valence-electron chi connectivity index (χ2n) is 3.21. The average molecular weight is 232 g/mol. The van der Waals surface area contributed by atoms with Gasteiger partial charge in [0, 0.05) is 6.20 Å². The van der Waals surface area contributed by atoms with Crippen molar-refractivity contribution < 1.29 is 4.52 Å². The second-order valence-corrected chi connectivity index (χ2v) is 4.32. The Morgan fingerprint density at radius 2 is 2.25 bits per heavy atom. The van der Waals surface area contributed by atoms with E-state index in [0.717, 1.165) is 15.6 Å². The van der Waals surface area contributed by atoms with E-state index in [2.05, 4.69) is 15.1 Å². The third kappa shape index (κ3) is 1.49. The molecule has 0 fully saturated rings. The van der Waals surface area contributed by atoms with E-state index in [0.29, 0.717) is 11.7 Å². The lowest BCUT2D eigenvalue weighted by molar-refractivity contribution is 0.433. The van der Waals surface area contributed by atoms with Crippen molar-refractivity contribution in [1.82, 2.24) is 15.1 Å². The summed E-state index contributed by atoms with van der Waals surface area (Å²) in [6.07, 6.45) is 1.81. The van der Waals surface area contributed by atoms with E-state index in [1.165, 1.54) is 11.3 Å². The largest absolute Gasteiger partial charge is 0.391 e. The zero-order valence-electron chi connectivity index (χ0n) is 8.18. The zero-order chi connectivity index (χ0) is 11.0. The number of nitrogens with one attached hydrogen (secondary N) is 1. The molecule has 0 saturated heterocycles. The Morgan fingerprint density at radius 3 is 2.94 bits per heavy atom. The molecular formula is C10H8N4OS. The molecule has 16 heavy (non-hydrogen) atoms. The van der Waals surface area contributed by atoms with Crippen molar-refractivity contribution in [3.8, 4) is 22.3 Å². The smallest absolute Gasteiger partial charge is 0.268 e. The highest BCUT2D eigenvalue weighted by atomic mass is 32.1. The van der Waals surface area contributed by atoms with Crippen LogP contribution >= 0.6 is 11.3 Å². The summed E-state index contributed by atoms with van der Waals surface area (Å²) in [6.45, 7) is 0. The van der Waals surface area contributed by atoms with Gasteiger partial charge in [0.1, 0.15) is 0 Å². The van der Waals surface area contributed by atoms with Crippen LogP contribution < -0.4 is 5.73 Å². The molecule has 0 radical (unpaired) electrons. The van der Waals surface area contributed by atoms with E-state index in [1.807, 2.05) is 30.5 Å². The van der Waals surface area contributed by atoms with Gasteiger partial charge in [-0.05, 0) is 24.3 Å². The number of H-pyrrole nitrogens is 1. The molecule has 80 valence electrons. The first kappa shape index (κ1) is 9.17. The van der Waals surface area contributed by atoms with Gasteiger partial charge in [-0.2, -0.15) is 4.98 Å². The number of anilines is 1. The zero-order valence-corrected chi connectivity index (χ0v) is 8.99. The van der Waals surface area contributed by atoms with Gasteiger partial charge in [-0.3, -0.25) is 0 Å². The average Bonchev–Trinajstić information content (AvgIpc) is 2.97. The van der Waals surface area contributed by atoms with Crippen molar-refractivity contribution in [2.75, 3.05) is 5.73 Å². The van der Waals surface area contributed by atoms with Crippen LogP contribution in [0.2, 0.25) is 0 Å². The van der Waals surface area contributed by atoms with Gasteiger partial charge in [0.15, 0.2) is 0 Å². The minimum Gasteiger partial charge on any atom is -0.391 e. The number of rotatable bonds is 2. The van der Waals surface area contributed by atoms with Crippen LogP contribution in [0.25, 0.3) is 22.3 Å². The Bertz CT molecular complexity index is 596. The molecule has 0 amide bonds. The predicted octanol–water partition coefficient (Wildman–Crippen LogP) is 2.38. The predicted molar refractivity (Wildman–Crippen MR) is 61.8 cm³/mol. The SMILES string of the molecule is Nc1ccc(-c2nc(-c3ccc[nH]3)no2)s1. The maximum Gasteiger partial charge on any atom is 0.268 e. The van der Waals surface area contributed by atoms with Crippen LogP contribution in [0.15, 0.2) is 35.0 Å². The van der Waals surface area contributed by atoms with Gasteiger partial charge in [-0.15, -0.1) is 11.3 Å². The van der Waals surface area contributed by atoms with Gasteiger partial charge in [0.25, 0.3) is 5.89 Å². The number of nitrogen functional groups attached to an aromatic ring is 1. The third-order valence-corrected chi connectivity index (χ3v) is 3.00. The number of hydrogen-bond donors (Lipinski definition) is 2. The Hall–Kier alpha value is -2.08. The molecule has 0 unspecified atom stereocenters. The molecule has 0 spiro atoms. The van der Waals surface area contributed by atoms with Crippen LogP contribution in [0, 0.1) is 0 Å². The summed E-state index contributed by atoms with van der Waals surface area (Å²) >= 11 is 1.42. The van der Waals surface area contributed by atoms with Gasteiger partial charge in [-0.25, -0.2) is 0 Å². The molecule has 0 bridgehead atoms. The fraction of sp³-hybridized carbons (Fsp3) is 0. The Balaban J connectivity index is 2.00. The van der Waals surface area contributed by atoms with Crippen molar-refractivity contribution in [2.24, 2.45) is 0 Å². The fourth-order valence-electron chi connectivity index (χ4n) is 1.37. The van der Waals surface area contributed by atoms with E-state index in [9.17, 15) is 0 Å². The molecule has 0 aliphatic carbocycles. The van der Waals surface area contributed by atoms with Crippen LogP contribution in [-0.4, -0.2) is 15.1 Å². The molecule has 0 aliphatic heterocycles. The topological polar surface area (TPSA) is 80.7 Å². The second kappa shape index (κ2) is 3.49. The molecule has 3 heterocycles. The lowest BCUT2D eigenvalue weighted by Gasteiger charge is -1.84. The number of hydrogen-bond acceptors (Lipinski definition) is 5. The van der Waals surface area contributed by atoms with Crippen molar-refractivity contribution in [2.45, 2.75) is 0 Å². The van der Waals surface area contributed by atoms with Crippen molar-refractivity contribution in [3.63, 3.8) is 0 Å². The molecular weight excluding hydrogens is 224 g/mol. The monoisotopic (exact) mass is 232 g/mol. The Kier molecular flexibility index (Phi) is 2.00. The number of thiophene rings is 1. The molecule has 3 rings (SSSR count). The maximum atomic E-state index is 5.64. The fourth-order valence-corrected chi connectivity index (χ4v) is 2.07. The van der Waals surface area contributed by atoms with E-state index in [1.54, 1.807) is 0 Å². The lowest BCUT2D eigenvalue weighted by Crippen LogP contribution is -1.79. The van der Waals surface area contributed by atoms with E-state index in [4.69, 9.17) is 10.3 Å². The maximum absolute atomic E-state index is 5.64. The number of nitrogens with zero attached hydrogens (tertiary/aromatic N) is 2. The first-order valence-electron chi connectivity index (χ1n) is 4.66. The van der Waals surface area contributed by atoms with Gasteiger partial charge in [-0.1, -0.05) is 5.16 Å². The summed E-state index contributed by atoms with van der Waals surface area (Å²) in [4.78, 5) is 8.18. The van der Waals surface area contributed by atoms with Crippen molar-refractivity contribution >= 4 is 16.3 Å². The van der Waals surface area contributed by atoms with Crippen molar-refractivity contribution in [3.05, 3.63) is 30.5 Å². The summed E-state index contributed by atoms with van der Waals surface area (Å²) in [5, 5.41) is 4.62. The molecule has 0 atom stereocenters. The standard InChI is InChI=1S/C10H8N4OS/c11-8-4-3-7(16-8)10-13-9(14-15-10)6-2-1-5-12-6/h1-5,12H,11H2. The summed E-state index contributed by atoms with van der Waals surface area (Å²) in [5.41, 5.74) is 6.47. The summed E-state index contributed by atoms with van der Waals surface area (Å²) < 4.78 is 5.16. The first-order chi connectivity index (χ1) is 7.83. The number of aromatic nitrogens is 3. The molecule has 6 heteroatoms. The van der Waals surface area contributed by atoms with Crippen LogP contribution in [0.5, 0.6) is 0 Å². The van der Waals surface area contributed by atoms with Crippen LogP contribution in [0.4, 0.5) is 5.00 Å². The normalized spacial score (nSPS) is 10.8. The molecule has 5 nitrogen and oxygen atoms in total. The molecule has 0 saturated carbocycles. The highest BCUT2D eigenvalue weighted by Gasteiger charge is 2.12. The van der Waals surface area contributed by atoms with Gasteiger partial charge >= 0.3 is 0 Å². The van der Waals surface area contributed by atoms with E-state index >= 15 is 0 Å². The minimum absolute atomic E-state index is 0.492. The van der Waals surface area contributed by atoms with Crippen molar-refractivity contribution in [1.29, 1.82) is 0 Å². The molecule has 3 N–H and O–H groups in total. The first-order valence-corrected chi connectivity index (χ1v) is 5.48. The van der Waals surface area contributed by atoms with Gasteiger partial charge in [0.05, 0.1) is 15.6 Å². The quantitative estimate of drug-likeness (QED) is 0.710. The van der Waals surface area contributed by atoms with E-state index < -0.39 is 0 Å². The summed E-state index contributed by atoms with van der Waals surface area (Å²) in [6, 6.07) is 7.45. The minimum atomic E-state index is 0.492. The van der Waals surface area contributed by atoms with Crippen LogP contribution in [0.3, 0.4) is 0 Å². The number of nitrogens with two attached hydrogens (primary N) is 1. The van der Waals surface area contributed by atoms with Crippen LogP contribution in [-0.2, 0) is 0 Å². The van der Waals surface area contributed by atoms with E-state index in [-0.39, 0.29) is 0 Å². The molecule has 0 aromatic carbocycles. The number of aromatic amines is 1. The summed E-state index contributed by atoms with van der Waals surface area (Å²) in [7, 11) is 0. The molecule has 3 aromatic heterocycles. The van der Waals surface area contributed by atoms with Gasteiger partial charge in [0.2, 0.25) is 5.82 Å². The Morgan fingerprint density at radius 1 is 1.31 bits per heavy atom. The lowest BCUT2D eigenvalue weighted by atomic mass is 10.4. The highest BCUT2D eigenvalue weighted by molar-refractivity contribution is 7.19. The van der Waals surface area contributed by atoms with Crippen LogP contribution in [0.1, 0.15) is 0 Å². The molecule has 0 aliphatic rings. The Labute approximate surface area is 94.9 Å².